The Morgan fingerprint density at radius 2 is 2.09 bits per heavy atom. The molecule has 1 heterocycles. The van der Waals surface area contributed by atoms with Gasteiger partial charge in [-0.25, -0.2) is 12.8 Å². The van der Waals surface area contributed by atoms with Crippen molar-refractivity contribution in [3.63, 3.8) is 0 Å². The number of hydrogen-bond donors (Lipinski definition) is 1. The monoisotopic (exact) mass is 380 g/mol. The van der Waals surface area contributed by atoms with Gasteiger partial charge in [-0.15, -0.1) is 11.8 Å². The second kappa shape index (κ2) is 6.58. The highest BCUT2D eigenvalue weighted by atomic mass is 35.5. The lowest BCUT2D eigenvalue weighted by Gasteiger charge is -2.27. The van der Waals surface area contributed by atoms with Gasteiger partial charge in [0.25, 0.3) is 0 Å². The Kier molecular flexibility index (Phi) is 5.30. The van der Waals surface area contributed by atoms with E-state index >= 15 is 0 Å². The van der Waals surface area contributed by atoms with Gasteiger partial charge in [0.05, 0.1) is 10.9 Å². The van der Waals surface area contributed by atoms with Gasteiger partial charge in [-0.1, -0.05) is 11.6 Å². The van der Waals surface area contributed by atoms with Crippen molar-refractivity contribution in [1.82, 2.24) is 9.62 Å². The van der Waals surface area contributed by atoms with E-state index in [4.69, 9.17) is 11.6 Å². The maximum atomic E-state index is 13.4. The predicted molar refractivity (Wildman–Crippen MR) is 89.4 cm³/mol. The van der Waals surface area contributed by atoms with Crippen LogP contribution in [0.3, 0.4) is 0 Å². The summed E-state index contributed by atoms with van der Waals surface area (Å²) in [6.07, 6.45) is 0. The van der Waals surface area contributed by atoms with Gasteiger partial charge in [-0.3, -0.25) is 4.79 Å². The Bertz CT molecular complexity index is 719. The summed E-state index contributed by atoms with van der Waals surface area (Å²) in [5.41, 5.74) is -0.476. The third-order valence-electron chi connectivity index (χ3n) is 3.12. The predicted octanol–water partition coefficient (Wildman–Crippen LogP) is 2.46. The van der Waals surface area contributed by atoms with E-state index in [1.54, 1.807) is 0 Å². The zero-order valence-electron chi connectivity index (χ0n) is 13.0. The largest absolute Gasteiger partial charge is 0.350 e. The van der Waals surface area contributed by atoms with Gasteiger partial charge in [0, 0.05) is 11.3 Å². The number of nitrogens with one attached hydrogen (secondary N) is 1. The summed E-state index contributed by atoms with van der Waals surface area (Å²) >= 11 is 7.24. The van der Waals surface area contributed by atoms with Gasteiger partial charge in [-0.05, 0) is 39.0 Å². The van der Waals surface area contributed by atoms with Crippen LogP contribution >= 0.6 is 23.4 Å². The lowest BCUT2D eigenvalue weighted by Crippen LogP contribution is -2.52. The fourth-order valence-corrected chi connectivity index (χ4v) is 5.76. The summed E-state index contributed by atoms with van der Waals surface area (Å²) in [7, 11) is -4.06. The number of halogens is 2. The van der Waals surface area contributed by atoms with Crippen molar-refractivity contribution in [2.45, 2.75) is 37.2 Å². The topological polar surface area (TPSA) is 66.5 Å². The molecular formula is C14H18ClFN2O3S2. The Morgan fingerprint density at radius 1 is 1.43 bits per heavy atom. The highest BCUT2D eigenvalue weighted by Gasteiger charge is 2.41. The van der Waals surface area contributed by atoms with E-state index in [2.05, 4.69) is 5.32 Å². The maximum absolute atomic E-state index is 13.4. The Labute approximate surface area is 144 Å². The molecule has 1 aliphatic heterocycles. The molecule has 0 aliphatic carbocycles. The molecule has 0 spiro atoms. The molecule has 0 radical (unpaired) electrons. The van der Waals surface area contributed by atoms with Crippen LogP contribution in [-0.4, -0.2) is 41.8 Å². The molecule has 1 atom stereocenters. The molecule has 0 unspecified atom stereocenters. The van der Waals surface area contributed by atoms with E-state index in [-0.39, 0.29) is 21.7 Å². The number of benzene rings is 1. The van der Waals surface area contributed by atoms with Gasteiger partial charge in [0.15, 0.2) is 0 Å². The van der Waals surface area contributed by atoms with Crippen LogP contribution in [0.4, 0.5) is 4.39 Å². The van der Waals surface area contributed by atoms with Crippen LogP contribution in [0.25, 0.3) is 0 Å². The van der Waals surface area contributed by atoms with Gasteiger partial charge < -0.3 is 5.32 Å². The molecule has 0 aromatic heterocycles. The summed E-state index contributed by atoms with van der Waals surface area (Å²) in [5, 5.41) is 2.70. The zero-order valence-corrected chi connectivity index (χ0v) is 15.4. The lowest BCUT2D eigenvalue weighted by atomic mass is 10.1. The molecule has 23 heavy (non-hydrogen) atoms. The van der Waals surface area contributed by atoms with E-state index in [9.17, 15) is 17.6 Å². The minimum absolute atomic E-state index is 0.0710. The molecule has 1 fully saturated rings. The van der Waals surface area contributed by atoms with Gasteiger partial charge in [-0.2, -0.15) is 4.31 Å². The number of thioether (sulfide) groups is 1. The Balaban J connectivity index is 2.35. The average molecular weight is 381 g/mol. The molecule has 1 aromatic rings. The van der Waals surface area contributed by atoms with Gasteiger partial charge in [0.1, 0.15) is 16.8 Å². The van der Waals surface area contributed by atoms with Crippen LogP contribution in [0.2, 0.25) is 5.02 Å². The van der Waals surface area contributed by atoms with Crippen LogP contribution in [0.15, 0.2) is 23.1 Å². The number of amides is 1. The van der Waals surface area contributed by atoms with Crippen molar-refractivity contribution in [1.29, 1.82) is 0 Å². The number of nitrogens with zero attached hydrogens (tertiary/aromatic N) is 1. The van der Waals surface area contributed by atoms with Crippen LogP contribution in [0.5, 0.6) is 0 Å². The molecule has 9 heteroatoms. The number of carbonyl (C=O) groups excluding carboxylic acids is 1. The van der Waals surface area contributed by atoms with E-state index in [1.165, 1.54) is 17.8 Å². The second-order valence-corrected chi connectivity index (χ2v) is 9.49. The highest BCUT2D eigenvalue weighted by molar-refractivity contribution is 8.00. The third kappa shape index (κ3) is 4.17. The van der Waals surface area contributed by atoms with Crippen molar-refractivity contribution in [3.8, 4) is 0 Å². The van der Waals surface area contributed by atoms with Crippen molar-refractivity contribution in [2.75, 3.05) is 11.6 Å². The van der Waals surface area contributed by atoms with Gasteiger partial charge >= 0.3 is 0 Å². The molecule has 0 saturated carbocycles. The molecule has 2 rings (SSSR count). The quantitative estimate of drug-likeness (QED) is 0.874. The molecular weight excluding hydrogens is 363 g/mol. The summed E-state index contributed by atoms with van der Waals surface area (Å²) in [6, 6.07) is 2.31. The molecule has 1 aromatic carbocycles. The number of sulfonamides is 1. The molecule has 1 aliphatic rings. The van der Waals surface area contributed by atoms with Crippen molar-refractivity contribution >= 4 is 39.3 Å². The fraction of sp³-hybridized carbons (Fsp3) is 0.500. The Hall–Kier alpha value is -0.830. The maximum Gasteiger partial charge on any atom is 0.246 e. The summed E-state index contributed by atoms with van der Waals surface area (Å²) < 4.78 is 40.0. The first-order valence-corrected chi connectivity index (χ1v) is 9.86. The zero-order chi connectivity index (χ0) is 17.4. The third-order valence-corrected chi connectivity index (χ3v) is 6.63. The first-order valence-electron chi connectivity index (χ1n) is 6.89. The summed E-state index contributed by atoms with van der Waals surface area (Å²) in [5.74, 6) is -0.611. The second-order valence-electron chi connectivity index (χ2n) is 6.22. The SMILES string of the molecule is CC(C)(C)NC(=O)[C@@H]1CSCN1S(=O)(=O)c1cc(F)ccc1Cl. The summed E-state index contributed by atoms with van der Waals surface area (Å²) in [6.45, 7) is 5.44. The number of carbonyl (C=O) groups is 1. The van der Waals surface area contributed by atoms with Crippen molar-refractivity contribution < 1.29 is 17.6 Å². The smallest absolute Gasteiger partial charge is 0.246 e. The van der Waals surface area contributed by atoms with E-state index in [1.807, 2.05) is 20.8 Å². The van der Waals surface area contributed by atoms with E-state index in [0.717, 1.165) is 16.4 Å². The number of hydrogen-bond acceptors (Lipinski definition) is 4. The highest BCUT2D eigenvalue weighted by Crippen LogP contribution is 2.32. The van der Waals surface area contributed by atoms with Crippen LogP contribution in [-0.2, 0) is 14.8 Å². The molecule has 128 valence electrons. The standard InChI is InChI=1S/C14H18ClFN2O3S2/c1-14(2,3)17-13(19)11-7-22-8-18(11)23(20,21)12-6-9(16)4-5-10(12)15/h4-6,11H,7-8H2,1-3H3,(H,17,19)/t11-/m0/s1. The lowest BCUT2D eigenvalue weighted by molar-refractivity contribution is -0.125. The van der Waals surface area contributed by atoms with Crippen LogP contribution in [0, 0.1) is 5.82 Å². The minimum Gasteiger partial charge on any atom is -0.350 e. The fourth-order valence-electron chi connectivity index (χ4n) is 2.12. The number of rotatable bonds is 3. The first kappa shape index (κ1) is 18.5. The average Bonchev–Trinajstić information content (AvgIpc) is 2.89. The molecule has 1 saturated heterocycles. The van der Waals surface area contributed by atoms with Crippen molar-refractivity contribution in [3.05, 3.63) is 29.0 Å². The van der Waals surface area contributed by atoms with Crippen molar-refractivity contribution in [2.24, 2.45) is 0 Å². The van der Waals surface area contributed by atoms with E-state index < -0.39 is 27.4 Å². The normalized spacial score (nSPS) is 19.8. The summed E-state index contributed by atoms with van der Waals surface area (Å²) in [4.78, 5) is 12.0. The van der Waals surface area contributed by atoms with Gasteiger partial charge in [0.2, 0.25) is 15.9 Å². The molecule has 1 amide bonds. The molecule has 5 nitrogen and oxygen atoms in total. The van der Waals surface area contributed by atoms with Crippen LogP contribution < -0.4 is 5.32 Å². The minimum atomic E-state index is -4.06. The Morgan fingerprint density at radius 3 is 2.70 bits per heavy atom. The van der Waals surface area contributed by atoms with E-state index in [0.29, 0.717) is 5.75 Å². The molecule has 1 N–H and O–H groups in total. The van der Waals surface area contributed by atoms with Crippen LogP contribution in [0.1, 0.15) is 20.8 Å². The first-order chi connectivity index (χ1) is 10.5. The molecule has 0 bridgehead atoms.